The molecule has 3 aromatic rings. The molecule has 1 aliphatic heterocycles. The van der Waals surface area contributed by atoms with Crippen molar-refractivity contribution < 1.29 is 19.7 Å². The summed E-state index contributed by atoms with van der Waals surface area (Å²) in [7, 11) is 1.89. The number of aliphatic hydroxyl groups is 1. The number of aliphatic hydroxyl groups excluding tert-OH is 1. The van der Waals surface area contributed by atoms with E-state index in [4.69, 9.17) is 9.68 Å². The van der Waals surface area contributed by atoms with Gasteiger partial charge in [0, 0.05) is 35.2 Å². The van der Waals surface area contributed by atoms with E-state index in [2.05, 4.69) is 6.07 Å². The summed E-state index contributed by atoms with van der Waals surface area (Å²) in [6.45, 7) is 2.42. The number of aromatic hydroxyl groups is 2. The third kappa shape index (κ3) is 3.11. The van der Waals surface area contributed by atoms with Crippen molar-refractivity contribution in [3.8, 4) is 28.9 Å². The number of aryl methyl sites for hydroxylation is 1. The van der Waals surface area contributed by atoms with Gasteiger partial charge in [0.05, 0.1) is 18.2 Å². The molecule has 1 aliphatic rings. The van der Waals surface area contributed by atoms with E-state index in [1.54, 1.807) is 18.2 Å². The summed E-state index contributed by atoms with van der Waals surface area (Å²) >= 11 is 0. The molecule has 7 heteroatoms. The monoisotopic (exact) mass is 406 g/mol. The number of hydrogen-bond donors (Lipinski definition) is 3. The highest BCUT2D eigenvalue weighted by molar-refractivity contribution is 5.90. The van der Waals surface area contributed by atoms with Crippen LogP contribution in [0.25, 0.3) is 22.3 Å². The van der Waals surface area contributed by atoms with Crippen LogP contribution >= 0.6 is 0 Å². The first-order valence-corrected chi connectivity index (χ1v) is 9.70. The number of rotatable bonds is 3. The SMILES string of the molecule is Cc1cc(C#N)ccc1-c1cc(=O)c2c(O)cc(O)c([C@@H]3CCN(C)[C@H]3CO)c2o1. The molecule has 0 spiro atoms. The largest absolute Gasteiger partial charge is 0.507 e. The number of nitriles is 1. The number of phenolic OH excluding ortho intramolecular Hbond substituents is 2. The highest BCUT2D eigenvalue weighted by Gasteiger charge is 2.36. The number of benzene rings is 2. The smallest absolute Gasteiger partial charge is 0.197 e. The lowest BCUT2D eigenvalue weighted by atomic mass is 9.89. The third-order valence-electron chi connectivity index (χ3n) is 6.00. The number of phenols is 2. The van der Waals surface area contributed by atoms with Crippen molar-refractivity contribution in [1.29, 1.82) is 5.26 Å². The maximum atomic E-state index is 12.9. The first-order valence-electron chi connectivity index (χ1n) is 9.70. The molecule has 0 unspecified atom stereocenters. The zero-order valence-electron chi connectivity index (χ0n) is 16.7. The maximum Gasteiger partial charge on any atom is 0.197 e. The standard InChI is InChI=1S/C23H22N2O5/c1-12-7-13(10-24)3-4-14(12)20-9-19(29)22-18(28)8-17(27)21(23(22)30-20)15-5-6-25(2)16(15)11-26/h3-4,7-9,15-16,26-28H,5-6,11H2,1-2H3/t15-,16+/m1/s1. The van der Waals surface area contributed by atoms with Gasteiger partial charge in [-0.3, -0.25) is 4.79 Å². The van der Waals surface area contributed by atoms with Gasteiger partial charge in [-0.15, -0.1) is 0 Å². The number of likely N-dealkylation sites (tertiary alicyclic amines) is 1. The van der Waals surface area contributed by atoms with Gasteiger partial charge in [0.15, 0.2) is 5.43 Å². The molecule has 2 atom stereocenters. The summed E-state index contributed by atoms with van der Waals surface area (Å²) in [5, 5.41) is 40.0. The predicted octanol–water partition coefficient (Wildman–Crippen LogP) is 2.83. The molecule has 154 valence electrons. The van der Waals surface area contributed by atoms with Crippen molar-refractivity contribution in [3.05, 3.63) is 57.2 Å². The minimum Gasteiger partial charge on any atom is -0.507 e. The zero-order chi connectivity index (χ0) is 21.6. The fraction of sp³-hybridized carbons (Fsp3) is 0.304. The fourth-order valence-corrected chi connectivity index (χ4v) is 4.43. The highest BCUT2D eigenvalue weighted by Crippen LogP contribution is 2.44. The minimum absolute atomic E-state index is 0.00379. The molecular weight excluding hydrogens is 384 g/mol. The Balaban J connectivity index is 2.00. The van der Waals surface area contributed by atoms with Gasteiger partial charge in [0.25, 0.3) is 0 Å². The van der Waals surface area contributed by atoms with Crippen molar-refractivity contribution in [2.45, 2.75) is 25.3 Å². The van der Waals surface area contributed by atoms with Crippen LogP contribution in [0.5, 0.6) is 11.5 Å². The maximum absolute atomic E-state index is 12.9. The lowest BCUT2D eigenvalue weighted by molar-refractivity contribution is 0.172. The Bertz CT molecular complexity index is 1240. The summed E-state index contributed by atoms with van der Waals surface area (Å²) in [5.41, 5.74) is 2.00. The molecule has 0 amide bonds. The first-order chi connectivity index (χ1) is 14.3. The van der Waals surface area contributed by atoms with Crippen molar-refractivity contribution in [3.63, 3.8) is 0 Å². The van der Waals surface area contributed by atoms with Crippen LogP contribution in [-0.4, -0.2) is 46.5 Å². The van der Waals surface area contributed by atoms with E-state index in [-0.39, 0.29) is 46.8 Å². The van der Waals surface area contributed by atoms with E-state index in [1.807, 2.05) is 18.9 Å². The molecule has 30 heavy (non-hydrogen) atoms. The van der Waals surface area contributed by atoms with Crippen molar-refractivity contribution in [2.24, 2.45) is 0 Å². The second kappa shape index (κ2) is 7.48. The van der Waals surface area contributed by atoms with E-state index in [1.165, 1.54) is 6.07 Å². The number of fused-ring (bicyclic) bond motifs is 1. The van der Waals surface area contributed by atoms with Crippen molar-refractivity contribution >= 4 is 11.0 Å². The minimum atomic E-state index is -0.430. The van der Waals surface area contributed by atoms with E-state index >= 15 is 0 Å². The summed E-state index contributed by atoms with van der Waals surface area (Å²) in [4.78, 5) is 14.9. The Morgan fingerprint density at radius 1 is 1.23 bits per heavy atom. The molecule has 1 saturated heterocycles. The summed E-state index contributed by atoms with van der Waals surface area (Å²) < 4.78 is 6.11. The Hall–Kier alpha value is -3.34. The van der Waals surface area contributed by atoms with E-state index in [9.17, 15) is 20.1 Å². The van der Waals surface area contributed by atoms with Crippen LogP contribution in [0.15, 0.2) is 39.5 Å². The number of hydrogen-bond acceptors (Lipinski definition) is 7. The molecule has 7 nitrogen and oxygen atoms in total. The van der Waals surface area contributed by atoms with Gasteiger partial charge in [0.2, 0.25) is 0 Å². The average Bonchev–Trinajstić information content (AvgIpc) is 3.07. The van der Waals surface area contributed by atoms with E-state index in [0.717, 1.165) is 18.2 Å². The second-order valence-corrected chi connectivity index (χ2v) is 7.77. The molecule has 3 N–H and O–H groups in total. The van der Waals surface area contributed by atoms with Crippen molar-refractivity contribution in [2.75, 3.05) is 20.2 Å². The van der Waals surface area contributed by atoms with Crippen LogP contribution in [0.4, 0.5) is 0 Å². The van der Waals surface area contributed by atoms with Gasteiger partial charge < -0.3 is 24.6 Å². The van der Waals surface area contributed by atoms with Gasteiger partial charge in [-0.25, -0.2) is 0 Å². The molecule has 1 aromatic heterocycles. The predicted molar refractivity (Wildman–Crippen MR) is 112 cm³/mol. The van der Waals surface area contributed by atoms with Crippen LogP contribution < -0.4 is 5.43 Å². The first kappa shape index (κ1) is 20.0. The summed E-state index contributed by atoms with van der Waals surface area (Å²) in [5.74, 6) is -0.498. The Labute approximate surface area is 173 Å². The molecule has 2 aromatic carbocycles. The van der Waals surface area contributed by atoms with E-state index in [0.29, 0.717) is 23.1 Å². The van der Waals surface area contributed by atoms with Crippen LogP contribution in [0.2, 0.25) is 0 Å². The van der Waals surface area contributed by atoms with Gasteiger partial charge in [0.1, 0.15) is 28.2 Å². The molecule has 1 fully saturated rings. The highest BCUT2D eigenvalue weighted by atomic mass is 16.3. The van der Waals surface area contributed by atoms with Crippen LogP contribution in [0.3, 0.4) is 0 Å². The number of likely N-dealkylation sites (N-methyl/N-ethyl adjacent to an activating group) is 1. The van der Waals surface area contributed by atoms with Gasteiger partial charge in [-0.2, -0.15) is 5.26 Å². The van der Waals surface area contributed by atoms with Crippen molar-refractivity contribution in [1.82, 2.24) is 4.90 Å². The molecule has 2 heterocycles. The zero-order valence-corrected chi connectivity index (χ0v) is 16.7. The normalized spacial score (nSPS) is 19.3. The fourth-order valence-electron chi connectivity index (χ4n) is 4.43. The average molecular weight is 406 g/mol. The summed E-state index contributed by atoms with van der Waals surface area (Å²) in [6.07, 6.45) is 0.666. The molecule has 0 radical (unpaired) electrons. The molecule has 0 saturated carbocycles. The lowest BCUT2D eigenvalue weighted by Gasteiger charge is -2.24. The van der Waals surface area contributed by atoms with Crippen LogP contribution in [0, 0.1) is 18.3 Å². The van der Waals surface area contributed by atoms with Crippen LogP contribution in [0.1, 0.15) is 29.0 Å². The molecule has 4 rings (SSSR count). The topological polar surface area (TPSA) is 118 Å². The van der Waals surface area contributed by atoms with Gasteiger partial charge in [-0.05, 0) is 50.7 Å². The third-order valence-corrected chi connectivity index (χ3v) is 6.00. The Morgan fingerprint density at radius 3 is 2.67 bits per heavy atom. The summed E-state index contributed by atoms with van der Waals surface area (Å²) in [6, 6.07) is 9.35. The van der Waals surface area contributed by atoms with Gasteiger partial charge in [-0.1, -0.05) is 0 Å². The second-order valence-electron chi connectivity index (χ2n) is 7.77. The Kier molecular flexibility index (Phi) is 4.98. The molecule has 0 bridgehead atoms. The van der Waals surface area contributed by atoms with E-state index < -0.39 is 5.43 Å². The number of nitrogens with zero attached hydrogens (tertiary/aromatic N) is 2. The quantitative estimate of drug-likeness (QED) is 0.612. The Morgan fingerprint density at radius 2 is 2.00 bits per heavy atom. The van der Waals surface area contributed by atoms with Crippen LogP contribution in [-0.2, 0) is 0 Å². The molecule has 0 aliphatic carbocycles. The molecular formula is C23H22N2O5. The van der Waals surface area contributed by atoms with Gasteiger partial charge >= 0.3 is 0 Å². The lowest BCUT2D eigenvalue weighted by Crippen LogP contribution is -2.32.